The highest BCUT2D eigenvalue weighted by molar-refractivity contribution is 5.32. The Morgan fingerprint density at radius 1 is 1.05 bits per heavy atom. The minimum Gasteiger partial charge on any atom is -0.406 e. The van der Waals surface area contributed by atoms with Gasteiger partial charge in [0, 0.05) is 6.04 Å². The summed E-state index contributed by atoms with van der Waals surface area (Å²) in [5, 5.41) is 0. The van der Waals surface area contributed by atoms with Gasteiger partial charge in [0.2, 0.25) is 0 Å². The molecule has 0 bridgehead atoms. The van der Waals surface area contributed by atoms with E-state index in [9.17, 15) is 17.6 Å². The third-order valence-corrected chi connectivity index (χ3v) is 2.86. The molecule has 0 aromatic heterocycles. The van der Waals surface area contributed by atoms with E-state index in [2.05, 4.69) is 4.74 Å². The Labute approximate surface area is 119 Å². The Balaban J connectivity index is 2.12. The first-order valence-electron chi connectivity index (χ1n) is 6.19. The third-order valence-electron chi connectivity index (χ3n) is 2.86. The van der Waals surface area contributed by atoms with E-state index in [1.165, 1.54) is 30.3 Å². The van der Waals surface area contributed by atoms with Crippen molar-refractivity contribution in [2.45, 2.75) is 18.8 Å². The van der Waals surface area contributed by atoms with E-state index in [1.54, 1.807) is 18.2 Å². The molecule has 2 N–H and O–H groups in total. The lowest BCUT2D eigenvalue weighted by Gasteiger charge is -2.14. The second-order valence-corrected chi connectivity index (χ2v) is 4.56. The molecule has 1 atom stereocenters. The zero-order valence-corrected chi connectivity index (χ0v) is 10.9. The van der Waals surface area contributed by atoms with Gasteiger partial charge in [0.15, 0.2) is 0 Å². The van der Waals surface area contributed by atoms with Crippen molar-refractivity contribution in [3.63, 3.8) is 0 Å². The van der Waals surface area contributed by atoms with Crippen molar-refractivity contribution in [1.82, 2.24) is 0 Å². The molecule has 6 heteroatoms. The molecule has 2 aromatic rings. The summed E-state index contributed by atoms with van der Waals surface area (Å²) < 4.78 is 53.4. The van der Waals surface area contributed by atoms with Crippen LogP contribution >= 0.6 is 0 Å². The second-order valence-electron chi connectivity index (χ2n) is 4.56. The monoisotopic (exact) mass is 299 g/mol. The van der Waals surface area contributed by atoms with Gasteiger partial charge in [-0.25, -0.2) is 4.39 Å². The van der Waals surface area contributed by atoms with Crippen LogP contribution < -0.4 is 10.5 Å². The van der Waals surface area contributed by atoms with Crippen molar-refractivity contribution in [2.24, 2.45) is 5.73 Å². The Hall–Kier alpha value is -2.08. The number of halogens is 4. The fraction of sp³-hybridized carbons (Fsp3) is 0.200. The number of ether oxygens (including phenoxy) is 1. The Kier molecular flexibility index (Phi) is 4.47. The van der Waals surface area contributed by atoms with Gasteiger partial charge in [0.1, 0.15) is 11.6 Å². The Morgan fingerprint density at radius 2 is 1.76 bits per heavy atom. The van der Waals surface area contributed by atoms with Crippen molar-refractivity contribution in [2.75, 3.05) is 0 Å². The van der Waals surface area contributed by atoms with Gasteiger partial charge in [-0.2, -0.15) is 0 Å². The van der Waals surface area contributed by atoms with Crippen molar-refractivity contribution < 1.29 is 22.3 Å². The summed E-state index contributed by atoms with van der Waals surface area (Å²) in [6.45, 7) is 0. The molecule has 0 aliphatic carbocycles. The highest BCUT2D eigenvalue weighted by Gasteiger charge is 2.31. The van der Waals surface area contributed by atoms with E-state index in [4.69, 9.17) is 5.73 Å². The van der Waals surface area contributed by atoms with Crippen LogP contribution in [0.2, 0.25) is 0 Å². The average Bonchev–Trinajstić information content (AvgIpc) is 2.37. The largest absolute Gasteiger partial charge is 0.573 e. The summed E-state index contributed by atoms with van der Waals surface area (Å²) in [5.41, 5.74) is 7.11. The van der Waals surface area contributed by atoms with Gasteiger partial charge in [-0.3, -0.25) is 0 Å². The van der Waals surface area contributed by atoms with Gasteiger partial charge < -0.3 is 10.5 Å². The highest BCUT2D eigenvalue weighted by atomic mass is 19.4. The van der Waals surface area contributed by atoms with Gasteiger partial charge in [-0.15, -0.1) is 13.2 Å². The molecule has 1 unspecified atom stereocenters. The first kappa shape index (κ1) is 15.3. The van der Waals surface area contributed by atoms with Gasteiger partial charge in [0.05, 0.1) is 0 Å². The molecule has 2 nitrogen and oxygen atoms in total. The van der Waals surface area contributed by atoms with Gasteiger partial charge in [0.25, 0.3) is 0 Å². The molecule has 2 rings (SSSR count). The summed E-state index contributed by atoms with van der Waals surface area (Å²) in [6, 6.07) is 10.8. The van der Waals surface area contributed by atoms with Crippen molar-refractivity contribution in [3.05, 3.63) is 65.5 Å². The van der Waals surface area contributed by atoms with E-state index in [0.29, 0.717) is 17.5 Å². The normalized spacial score (nSPS) is 13.0. The average molecular weight is 299 g/mol. The van der Waals surface area contributed by atoms with Crippen LogP contribution in [0.3, 0.4) is 0 Å². The van der Waals surface area contributed by atoms with Crippen molar-refractivity contribution in [3.8, 4) is 5.75 Å². The molecule has 0 radical (unpaired) electrons. The maximum atomic E-state index is 13.1. The van der Waals surface area contributed by atoms with Crippen LogP contribution in [-0.4, -0.2) is 6.36 Å². The molecular weight excluding hydrogens is 286 g/mol. The SMILES string of the molecule is NC(Cc1cccc(F)c1)c1cccc(OC(F)(F)F)c1. The predicted molar refractivity (Wildman–Crippen MR) is 70.2 cm³/mol. The molecule has 21 heavy (non-hydrogen) atoms. The summed E-state index contributed by atoms with van der Waals surface area (Å²) in [5.74, 6) is -0.705. The maximum Gasteiger partial charge on any atom is 0.573 e. The molecule has 0 aliphatic rings. The topological polar surface area (TPSA) is 35.2 Å². The van der Waals surface area contributed by atoms with Gasteiger partial charge >= 0.3 is 6.36 Å². The Bertz CT molecular complexity index is 613. The number of benzene rings is 2. The Morgan fingerprint density at radius 3 is 2.43 bits per heavy atom. The molecule has 112 valence electrons. The summed E-state index contributed by atoms with van der Waals surface area (Å²) >= 11 is 0. The van der Waals surface area contributed by atoms with E-state index >= 15 is 0 Å². The molecule has 0 spiro atoms. The minimum atomic E-state index is -4.74. The number of nitrogens with two attached hydrogens (primary N) is 1. The zero-order chi connectivity index (χ0) is 15.5. The third kappa shape index (κ3) is 4.75. The van der Waals surface area contributed by atoms with E-state index < -0.39 is 12.4 Å². The van der Waals surface area contributed by atoms with Gasteiger partial charge in [-0.1, -0.05) is 24.3 Å². The van der Waals surface area contributed by atoms with Crippen molar-refractivity contribution >= 4 is 0 Å². The van der Waals surface area contributed by atoms with Crippen LogP contribution in [-0.2, 0) is 6.42 Å². The summed E-state index contributed by atoms with van der Waals surface area (Å²) in [7, 11) is 0. The van der Waals surface area contributed by atoms with Crippen molar-refractivity contribution in [1.29, 1.82) is 0 Å². The standard InChI is InChI=1S/C15H13F4NO/c16-12-5-1-3-10(7-12)8-14(20)11-4-2-6-13(9-11)21-15(17,18)19/h1-7,9,14H,8,20H2. The lowest BCUT2D eigenvalue weighted by molar-refractivity contribution is -0.274. The summed E-state index contributed by atoms with van der Waals surface area (Å²) in [6.07, 6.45) is -4.43. The number of hydrogen-bond acceptors (Lipinski definition) is 2. The van der Waals surface area contributed by atoms with Crippen LogP contribution in [0, 0.1) is 5.82 Å². The number of hydrogen-bond donors (Lipinski definition) is 1. The van der Waals surface area contributed by atoms with E-state index in [-0.39, 0.29) is 11.6 Å². The molecule has 0 saturated heterocycles. The molecule has 0 saturated carbocycles. The second kappa shape index (κ2) is 6.13. The molecule has 0 fully saturated rings. The smallest absolute Gasteiger partial charge is 0.406 e. The fourth-order valence-electron chi connectivity index (χ4n) is 1.98. The lowest BCUT2D eigenvalue weighted by Crippen LogP contribution is -2.18. The first-order chi connectivity index (χ1) is 9.83. The van der Waals surface area contributed by atoms with Crippen LogP contribution in [0.1, 0.15) is 17.2 Å². The highest BCUT2D eigenvalue weighted by Crippen LogP contribution is 2.26. The van der Waals surface area contributed by atoms with Crippen LogP contribution in [0.5, 0.6) is 5.75 Å². The number of rotatable bonds is 4. The zero-order valence-electron chi connectivity index (χ0n) is 10.9. The van der Waals surface area contributed by atoms with Crippen LogP contribution in [0.25, 0.3) is 0 Å². The van der Waals surface area contributed by atoms with Gasteiger partial charge in [-0.05, 0) is 41.8 Å². The quantitative estimate of drug-likeness (QED) is 0.867. The molecule has 0 amide bonds. The van der Waals surface area contributed by atoms with E-state index in [1.807, 2.05) is 0 Å². The molecule has 0 aliphatic heterocycles. The lowest BCUT2D eigenvalue weighted by atomic mass is 9.99. The predicted octanol–water partition coefficient (Wildman–Crippen LogP) is 3.97. The molecule has 2 aromatic carbocycles. The van der Waals surface area contributed by atoms with Crippen LogP contribution in [0.4, 0.5) is 17.6 Å². The van der Waals surface area contributed by atoms with E-state index in [0.717, 1.165) is 0 Å². The summed E-state index contributed by atoms with van der Waals surface area (Å²) in [4.78, 5) is 0. The fourth-order valence-corrected chi connectivity index (χ4v) is 1.98. The first-order valence-corrected chi connectivity index (χ1v) is 6.19. The molecular formula is C15H13F4NO. The maximum absolute atomic E-state index is 13.1. The minimum absolute atomic E-state index is 0.313. The molecule has 0 heterocycles. The van der Waals surface area contributed by atoms with Crippen LogP contribution in [0.15, 0.2) is 48.5 Å². The number of alkyl halides is 3.